The third-order valence-electron chi connectivity index (χ3n) is 18.3. The number of aliphatic carboxylic acids is 1. The standard InChI is InChI=1S/C45H72O16/c1-21-29(48)35(60-37-33(52)32(51)31(50)25(19-46)58-37)34(53)38(57-21)61-36-30(49)24(47)20-56-39(36)59-28-13-15-42(4)26(41(28,2)3)12-16-44(6)27(42)11-10-22-23-9-7-8-14-45(23,40(54)55)18-17-43(22,44)5/h10,21,23-39,46-53H,7-9,11-20H2,1-6H3,(H,54,55)/t21-,23+,24-,25+,26-,27+,28-,29-,30-,31+,32-,33+,34+,35+,36+,37-,38-,39-,42-,43+,44+,45-/m0/s1. The molecule has 9 N–H and O–H groups in total. The van der Waals surface area contributed by atoms with Crippen LogP contribution in [0.2, 0.25) is 0 Å². The minimum absolute atomic E-state index is 0.00417. The van der Waals surface area contributed by atoms with Crippen molar-refractivity contribution in [3.8, 4) is 0 Å². The van der Waals surface area contributed by atoms with Crippen LogP contribution >= 0.6 is 0 Å². The van der Waals surface area contributed by atoms with Gasteiger partial charge in [0.05, 0.1) is 30.8 Å². The van der Waals surface area contributed by atoms with Gasteiger partial charge in [-0.15, -0.1) is 0 Å². The van der Waals surface area contributed by atoms with E-state index < -0.39 is 104 Å². The van der Waals surface area contributed by atoms with Gasteiger partial charge in [0.15, 0.2) is 18.9 Å². The number of carboxylic acid groups (broad SMARTS) is 1. The molecule has 16 nitrogen and oxygen atoms in total. The molecular weight excluding hydrogens is 796 g/mol. The van der Waals surface area contributed by atoms with Crippen LogP contribution in [-0.4, -0.2) is 157 Å². The number of hydrogen-bond acceptors (Lipinski definition) is 15. The van der Waals surface area contributed by atoms with Crippen molar-refractivity contribution in [2.45, 2.75) is 204 Å². The summed E-state index contributed by atoms with van der Waals surface area (Å²) in [5.41, 5.74) is 0.255. The third-order valence-corrected chi connectivity index (χ3v) is 18.3. The number of allylic oxidation sites excluding steroid dienone is 2. The lowest BCUT2D eigenvalue weighted by Gasteiger charge is -2.71. The van der Waals surface area contributed by atoms with Crippen LogP contribution in [0.1, 0.15) is 112 Å². The topological polar surface area (TPSA) is 255 Å². The summed E-state index contributed by atoms with van der Waals surface area (Å²) in [4.78, 5) is 12.9. The molecule has 16 heteroatoms. The maximum atomic E-state index is 12.9. The molecule has 8 rings (SSSR count). The second-order valence-electron chi connectivity index (χ2n) is 21.4. The molecule has 0 aromatic rings. The average molecular weight is 869 g/mol. The minimum atomic E-state index is -1.80. The molecular formula is C45H72O16. The zero-order valence-electron chi connectivity index (χ0n) is 36.5. The molecule has 3 aliphatic heterocycles. The molecule has 8 aliphatic rings. The molecule has 0 unspecified atom stereocenters. The van der Waals surface area contributed by atoms with Gasteiger partial charge in [0.1, 0.15) is 61.0 Å². The van der Waals surface area contributed by atoms with E-state index in [4.69, 9.17) is 28.4 Å². The number of aliphatic hydroxyl groups excluding tert-OH is 8. The summed E-state index contributed by atoms with van der Waals surface area (Å²) in [6.45, 7) is 12.4. The normalized spacial score (nSPS) is 54.6. The Morgan fingerprint density at radius 2 is 1.43 bits per heavy atom. The van der Waals surface area contributed by atoms with Gasteiger partial charge in [0.25, 0.3) is 0 Å². The van der Waals surface area contributed by atoms with Crippen LogP contribution in [0.3, 0.4) is 0 Å². The number of hydrogen-bond donors (Lipinski definition) is 9. The van der Waals surface area contributed by atoms with Crippen LogP contribution in [0.15, 0.2) is 11.6 Å². The van der Waals surface area contributed by atoms with Crippen molar-refractivity contribution in [2.75, 3.05) is 13.2 Å². The van der Waals surface area contributed by atoms with E-state index in [2.05, 4.69) is 40.7 Å². The molecule has 3 heterocycles. The number of carbonyl (C=O) groups is 1. The van der Waals surface area contributed by atoms with Crippen LogP contribution < -0.4 is 0 Å². The molecule has 0 aromatic carbocycles. The minimum Gasteiger partial charge on any atom is -0.481 e. The Hall–Kier alpha value is -1.35. The van der Waals surface area contributed by atoms with Crippen molar-refractivity contribution in [3.05, 3.63) is 11.6 Å². The van der Waals surface area contributed by atoms with Crippen LogP contribution in [0.25, 0.3) is 0 Å². The Morgan fingerprint density at radius 1 is 0.721 bits per heavy atom. The third kappa shape index (κ3) is 7.11. The lowest BCUT2D eigenvalue weighted by Crippen LogP contribution is -2.66. The van der Waals surface area contributed by atoms with E-state index in [1.54, 1.807) is 0 Å². The highest BCUT2D eigenvalue weighted by Crippen LogP contribution is 2.75. The predicted octanol–water partition coefficient (Wildman–Crippen LogP) is 1.74. The Morgan fingerprint density at radius 3 is 2.13 bits per heavy atom. The summed E-state index contributed by atoms with van der Waals surface area (Å²) in [5, 5.41) is 96.1. The zero-order chi connectivity index (χ0) is 44.2. The summed E-state index contributed by atoms with van der Waals surface area (Å²) < 4.78 is 36.2. The van der Waals surface area contributed by atoms with Crippen LogP contribution in [0.5, 0.6) is 0 Å². The highest BCUT2D eigenvalue weighted by Gasteiger charge is 2.69. The number of rotatable bonds is 8. The number of ether oxygens (including phenoxy) is 6. The molecule has 0 radical (unpaired) electrons. The monoisotopic (exact) mass is 868 g/mol. The van der Waals surface area contributed by atoms with Gasteiger partial charge in [-0.1, -0.05) is 59.1 Å². The van der Waals surface area contributed by atoms with Gasteiger partial charge in [-0.25, -0.2) is 0 Å². The molecule has 7 fully saturated rings. The van der Waals surface area contributed by atoms with Gasteiger partial charge in [-0.05, 0) is 104 Å². The van der Waals surface area contributed by atoms with Crippen LogP contribution in [0.4, 0.5) is 0 Å². The molecule has 0 spiro atoms. The lowest BCUT2D eigenvalue weighted by molar-refractivity contribution is -0.382. The maximum absolute atomic E-state index is 12.9. The Balaban J connectivity index is 0.992. The Labute approximate surface area is 358 Å². The van der Waals surface area contributed by atoms with Crippen LogP contribution in [-0.2, 0) is 33.2 Å². The maximum Gasteiger partial charge on any atom is 0.310 e. The summed E-state index contributed by atoms with van der Waals surface area (Å²) in [6, 6.07) is 0. The van der Waals surface area contributed by atoms with E-state index in [1.165, 1.54) is 12.5 Å². The number of fused-ring (bicyclic) bond motifs is 7. The lowest BCUT2D eigenvalue weighted by atomic mass is 9.34. The van der Waals surface area contributed by atoms with Gasteiger partial charge >= 0.3 is 5.97 Å². The fraction of sp³-hybridized carbons (Fsp3) is 0.933. The van der Waals surface area contributed by atoms with Crippen molar-refractivity contribution in [2.24, 2.45) is 44.8 Å². The number of aliphatic hydroxyl groups is 8. The highest BCUT2D eigenvalue weighted by molar-refractivity contribution is 5.76. The van der Waals surface area contributed by atoms with Gasteiger partial charge in [0, 0.05) is 0 Å². The van der Waals surface area contributed by atoms with Gasteiger partial charge in [-0.2, -0.15) is 0 Å². The summed E-state index contributed by atoms with van der Waals surface area (Å²) >= 11 is 0. The van der Waals surface area contributed by atoms with Gasteiger partial charge < -0.3 is 74.4 Å². The molecule has 4 saturated carbocycles. The van der Waals surface area contributed by atoms with E-state index in [0.717, 1.165) is 64.2 Å². The summed E-state index contributed by atoms with van der Waals surface area (Å²) in [7, 11) is 0. The first kappa shape index (κ1) is 46.2. The SMILES string of the molecule is C[C@@H]1O[C@@H](O[C@H]2[C@H](O[C@H]3CC[C@]4(C)[C@H]5CC=C6[C@H]7CCCC[C@]7(C(=O)O)CC[C@@]6(C)[C@]5(C)CC[C@H]4C3(C)C)OC[C@H](O)[C@@H]2O)[C@H](O)[C@H](O[C@@H]2O[C@H](CO)[C@@H](O)[C@H](O)[C@H]2O)[C@H]1O. The fourth-order valence-electron chi connectivity index (χ4n) is 14.5. The molecule has 348 valence electrons. The van der Waals surface area contributed by atoms with E-state index in [9.17, 15) is 50.8 Å². The molecule has 3 saturated heterocycles. The first-order chi connectivity index (χ1) is 28.7. The van der Waals surface area contributed by atoms with E-state index >= 15 is 0 Å². The second-order valence-corrected chi connectivity index (χ2v) is 21.4. The van der Waals surface area contributed by atoms with Crippen molar-refractivity contribution in [1.82, 2.24) is 0 Å². The van der Waals surface area contributed by atoms with Crippen molar-refractivity contribution in [3.63, 3.8) is 0 Å². The van der Waals surface area contributed by atoms with Gasteiger partial charge in [-0.3, -0.25) is 4.79 Å². The van der Waals surface area contributed by atoms with E-state index in [0.29, 0.717) is 12.3 Å². The van der Waals surface area contributed by atoms with Crippen molar-refractivity contribution in [1.29, 1.82) is 0 Å². The second kappa shape index (κ2) is 16.5. The summed E-state index contributed by atoms with van der Waals surface area (Å²) in [6.07, 6.45) is -8.95. The first-order valence-corrected chi connectivity index (χ1v) is 22.9. The molecule has 22 atom stereocenters. The predicted molar refractivity (Wildman–Crippen MR) is 214 cm³/mol. The quantitative estimate of drug-likeness (QED) is 0.124. The molecule has 5 aliphatic carbocycles. The average Bonchev–Trinajstić information content (AvgIpc) is 3.21. The number of carboxylic acids is 1. The highest BCUT2D eigenvalue weighted by atomic mass is 16.8. The van der Waals surface area contributed by atoms with Crippen molar-refractivity contribution < 1.29 is 79.2 Å². The molecule has 61 heavy (non-hydrogen) atoms. The largest absolute Gasteiger partial charge is 0.481 e. The molecule has 0 aromatic heterocycles. The Kier molecular flexibility index (Phi) is 12.5. The first-order valence-electron chi connectivity index (χ1n) is 22.9. The van der Waals surface area contributed by atoms with E-state index in [1.807, 2.05) is 0 Å². The molecule has 0 bridgehead atoms. The smallest absolute Gasteiger partial charge is 0.310 e. The molecule has 0 amide bonds. The van der Waals surface area contributed by atoms with E-state index in [-0.39, 0.29) is 46.2 Å². The van der Waals surface area contributed by atoms with Crippen molar-refractivity contribution >= 4 is 5.97 Å². The van der Waals surface area contributed by atoms with Gasteiger partial charge in [0.2, 0.25) is 0 Å². The Bertz CT molecular complexity index is 1640. The van der Waals surface area contributed by atoms with Crippen LogP contribution in [0, 0.1) is 44.8 Å². The summed E-state index contributed by atoms with van der Waals surface area (Å²) in [5.74, 6) is 0.111. The zero-order valence-corrected chi connectivity index (χ0v) is 36.5. The fourth-order valence-corrected chi connectivity index (χ4v) is 14.5.